The van der Waals surface area contributed by atoms with E-state index in [2.05, 4.69) is 0 Å². The summed E-state index contributed by atoms with van der Waals surface area (Å²) >= 11 is 0. The van der Waals surface area contributed by atoms with E-state index in [0.29, 0.717) is 29.5 Å². The SMILES string of the molecule is CC(=O)c1cc(C(C)=O)cc(C(CCCCCCCCCC(N)=O)C(N)=O)c1. The van der Waals surface area contributed by atoms with Gasteiger partial charge in [0.05, 0.1) is 5.92 Å². The largest absolute Gasteiger partial charge is 0.370 e. The summed E-state index contributed by atoms with van der Waals surface area (Å²) in [6.45, 7) is 2.87. The van der Waals surface area contributed by atoms with E-state index in [0.717, 1.165) is 44.9 Å². The first-order valence-corrected chi connectivity index (χ1v) is 9.97. The number of carbonyl (C=O) groups excluding carboxylic acids is 4. The Bertz CT molecular complexity index is 680. The number of primary amides is 2. The molecule has 1 rings (SSSR count). The molecule has 1 aromatic carbocycles. The van der Waals surface area contributed by atoms with Crippen LogP contribution in [0.1, 0.15) is 104 Å². The molecule has 154 valence electrons. The smallest absolute Gasteiger partial charge is 0.224 e. The summed E-state index contributed by atoms with van der Waals surface area (Å²) in [5.74, 6) is -1.50. The van der Waals surface area contributed by atoms with Crippen LogP contribution in [0, 0.1) is 0 Å². The van der Waals surface area contributed by atoms with E-state index < -0.39 is 11.8 Å². The fourth-order valence-electron chi connectivity index (χ4n) is 3.26. The maximum absolute atomic E-state index is 12.0. The first-order valence-electron chi connectivity index (χ1n) is 9.97. The van der Waals surface area contributed by atoms with Gasteiger partial charge in [-0.2, -0.15) is 0 Å². The van der Waals surface area contributed by atoms with Gasteiger partial charge in [-0.05, 0) is 50.5 Å². The van der Waals surface area contributed by atoms with Crippen LogP contribution in [-0.4, -0.2) is 23.4 Å². The number of rotatable bonds is 14. The van der Waals surface area contributed by atoms with Crippen molar-refractivity contribution in [3.8, 4) is 0 Å². The van der Waals surface area contributed by atoms with Crippen LogP contribution in [0.4, 0.5) is 0 Å². The molecule has 0 bridgehead atoms. The summed E-state index contributed by atoms with van der Waals surface area (Å²) in [7, 11) is 0. The standard InChI is InChI=1S/C22H32N2O4/c1-15(25)17-12-18(16(2)26)14-19(13-17)20(22(24)28)10-8-6-4-3-5-7-9-11-21(23)27/h12-14,20H,3-11H2,1-2H3,(H2,23,27)(H2,24,28). The van der Waals surface area contributed by atoms with E-state index in [1.807, 2.05) is 0 Å². The average molecular weight is 389 g/mol. The predicted molar refractivity (Wildman–Crippen MR) is 109 cm³/mol. The van der Waals surface area contributed by atoms with Gasteiger partial charge >= 0.3 is 0 Å². The van der Waals surface area contributed by atoms with Gasteiger partial charge in [0.15, 0.2) is 11.6 Å². The van der Waals surface area contributed by atoms with Crippen molar-refractivity contribution in [1.29, 1.82) is 0 Å². The molecular weight excluding hydrogens is 356 g/mol. The topological polar surface area (TPSA) is 120 Å². The molecule has 0 spiro atoms. The van der Waals surface area contributed by atoms with Crippen molar-refractivity contribution in [2.75, 3.05) is 0 Å². The van der Waals surface area contributed by atoms with Gasteiger partial charge in [-0.1, -0.05) is 38.5 Å². The minimum Gasteiger partial charge on any atom is -0.370 e. The molecule has 1 aromatic rings. The molecule has 4 N–H and O–H groups in total. The molecule has 0 aliphatic rings. The fraction of sp³-hybridized carbons (Fsp3) is 0.545. The minimum absolute atomic E-state index is 0.149. The lowest BCUT2D eigenvalue weighted by atomic mass is 9.88. The lowest BCUT2D eigenvalue weighted by Crippen LogP contribution is -2.22. The molecule has 0 aromatic heterocycles. The van der Waals surface area contributed by atoms with Crippen LogP contribution in [0.25, 0.3) is 0 Å². The van der Waals surface area contributed by atoms with Crippen molar-refractivity contribution in [1.82, 2.24) is 0 Å². The molecule has 0 saturated carbocycles. The number of nitrogens with two attached hydrogens (primary N) is 2. The van der Waals surface area contributed by atoms with Crippen LogP contribution in [0.2, 0.25) is 0 Å². The summed E-state index contributed by atoms with van der Waals surface area (Å²) in [6.07, 6.45) is 7.89. The Hall–Kier alpha value is -2.50. The van der Waals surface area contributed by atoms with Gasteiger partial charge in [0.1, 0.15) is 0 Å². The summed E-state index contributed by atoms with van der Waals surface area (Å²) in [5.41, 5.74) is 12.2. The first kappa shape index (κ1) is 23.5. The number of Topliss-reactive ketones (excluding diaryl/α,β-unsaturated/α-hetero) is 2. The second kappa shape index (κ2) is 12.1. The fourth-order valence-corrected chi connectivity index (χ4v) is 3.26. The molecule has 0 saturated heterocycles. The van der Waals surface area contributed by atoms with Crippen LogP contribution in [-0.2, 0) is 9.59 Å². The van der Waals surface area contributed by atoms with Crippen molar-refractivity contribution in [2.45, 2.75) is 77.6 Å². The van der Waals surface area contributed by atoms with Crippen LogP contribution < -0.4 is 11.5 Å². The first-order chi connectivity index (χ1) is 13.2. The molecule has 0 aliphatic carbocycles. The third kappa shape index (κ3) is 8.46. The molecule has 2 amide bonds. The van der Waals surface area contributed by atoms with Crippen LogP contribution >= 0.6 is 0 Å². The monoisotopic (exact) mass is 388 g/mol. The number of unbranched alkanes of at least 4 members (excludes halogenated alkanes) is 6. The highest BCUT2D eigenvalue weighted by Gasteiger charge is 2.20. The summed E-state index contributed by atoms with van der Waals surface area (Å²) in [4.78, 5) is 46.2. The molecule has 0 aliphatic heterocycles. The van der Waals surface area contributed by atoms with Gasteiger partial charge in [-0.3, -0.25) is 19.2 Å². The summed E-state index contributed by atoms with van der Waals surface area (Å²) in [6, 6.07) is 4.90. The normalized spacial score (nSPS) is 11.8. The summed E-state index contributed by atoms with van der Waals surface area (Å²) in [5, 5.41) is 0. The maximum atomic E-state index is 12.0. The number of ketones is 2. The molecule has 0 heterocycles. The Balaban J connectivity index is 2.58. The molecule has 28 heavy (non-hydrogen) atoms. The predicted octanol–water partition coefficient (Wildman–Crippen LogP) is 3.66. The zero-order valence-electron chi connectivity index (χ0n) is 17.0. The van der Waals surface area contributed by atoms with Crippen molar-refractivity contribution < 1.29 is 19.2 Å². The number of carbonyl (C=O) groups is 4. The Labute approximate surface area is 167 Å². The van der Waals surface area contributed by atoms with Gasteiger partial charge < -0.3 is 11.5 Å². The van der Waals surface area contributed by atoms with E-state index >= 15 is 0 Å². The lowest BCUT2D eigenvalue weighted by molar-refractivity contribution is -0.120. The number of benzene rings is 1. The molecular formula is C22H32N2O4. The second-order valence-corrected chi connectivity index (χ2v) is 7.39. The maximum Gasteiger partial charge on any atom is 0.224 e. The van der Waals surface area contributed by atoms with Gasteiger partial charge in [0, 0.05) is 17.5 Å². The van der Waals surface area contributed by atoms with E-state index in [-0.39, 0.29) is 17.5 Å². The molecule has 1 unspecified atom stereocenters. The number of hydrogen-bond acceptors (Lipinski definition) is 4. The van der Waals surface area contributed by atoms with Crippen LogP contribution in [0.5, 0.6) is 0 Å². The van der Waals surface area contributed by atoms with Crippen molar-refractivity contribution in [3.63, 3.8) is 0 Å². The third-order valence-corrected chi connectivity index (χ3v) is 4.93. The summed E-state index contributed by atoms with van der Waals surface area (Å²) < 4.78 is 0. The van der Waals surface area contributed by atoms with E-state index in [4.69, 9.17) is 11.5 Å². The average Bonchev–Trinajstić information content (AvgIpc) is 2.62. The Kier molecular flexibility index (Phi) is 10.1. The number of hydrogen-bond donors (Lipinski definition) is 2. The van der Waals surface area contributed by atoms with Crippen molar-refractivity contribution in [2.24, 2.45) is 11.5 Å². The van der Waals surface area contributed by atoms with Gasteiger partial charge in [-0.25, -0.2) is 0 Å². The number of amides is 2. The Morgan fingerprint density at radius 1 is 0.750 bits per heavy atom. The van der Waals surface area contributed by atoms with Gasteiger partial charge in [0.25, 0.3) is 0 Å². The minimum atomic E-state index is -0.507. The molecule has 0 fully saturated rings. The highest BCUT2D eigenvalue weighted by molar-refractivity contribution is 6.00. The Morgan fingerprint density at radius 2 is 1.21 bits per heavy atom. The zero-order valence-corrected chi connectivity index (χ0v) is 17.0. The van der Waals surface area contributed by atoms with E-state index in [9.17, 15) is 19.2 Å². The quantitative estimate of drug-likeness (QED) is 0.373. The van der Waals surface area contributed by atoms with Crippen molar-refractivity contribution in [3.05, 3.63) is 34.9 Å². The second-order valence-electron chi connectivity index (χ2n) is 7.39. The highest BCUT2D eigenvalue weighted by atomic mass is 16.1. The zero-order chi connectivity index (χ0) is 21.1. The van der Waals surface area contributed by atoms with Gasteiger partial charge in [0.2, 0.25) is 11.8 Å². The Morgan fingerprint density at radius 3 is 1.64 bits per heavy atom. The molecule has 6 nitrogen and oxygen atoms in total. The molecule has 0 radical (unpaired) electrons. The lowest BCUT2D eigenvalue weighted by Gasteiger charge is -2.16. The molecule has 6 heteroatoms. The van der Waals surface area contributed by atoms with E-state index in [1.54, 1.807) is 18.2 Å². The highest BCUT2D eigenvalue weighted by Crippen LogP contribution is 2.26. The van der Waals surface area contributed by atoms with Crippen LogP contribution in [0.3, 0.4) is 0 Å². The third-order valence-electron chi connectivity index (χ3n) is 4.93. The van der Waals surface area contributed by atoms with E-state index in [1.165, 1.54) is 13.8 Å². The van der Waals surface area contributed by atoms with Crippen LogP contribution in [0.15, 0.2) is 18.2 Å². The molecule has 1 atom stereocenters. The van der Waals surface area contributed by atoms with Crippen molar-refractivity contribution >= 4 is 23.4 Å². The van der Waals surface area contributed by atoms with Gasteiger partial charge in [-0.15, -0.1) is 0 Å².